The zero-order valence-electron chi connectivity index (χ0n) is 16.2. The molecule has 158 valence electrons. The van der Waals surface area contributed by atoms with Crippen molar-refractivity contribution in [3.8, 4) is 0 Å². The Hall–Kier alpha value is -3.37. The van der Waals surface area contributed by atoms with Crippen LogP contribution in [0.4, 0.5) is 16.5 Å². The van der Waals surface area contributed by atoms with Gasteiger partial charge < -0.3 is 4.90 Å². The van der Waals surface area contributed by atoms with Crippen molar-refractivity contribution in [3.63, 3.8) is 0 Å². The molecule has 9 nitrogen and oxygen atoms in total. The Morgan fingerprint density at radius 3 is 2.81 bits per heavy atom. The first kappa shape index (κ1) is 20.9. The Kier molecular flexibility index (Phi) is 5.66. The second kappa shape index (κ2) is 8.40. The number of nitrogens with zero attached hydrogens (tertiary/aromatic N) is 4. The summed E-state index contributed by atoms with van der Waals surface area (Å²) < 4.78 is 0. The maximum atomic E-state index is 12.5. The molecule has 1 unspecified atom stereocenters. The summed E-state index contributed by atoms with van der Waals surface area (Å²) in [6.07, 6.45) is 0.299. The number of aromatic nitrogens is 2. The fourth-order valence-corrected chi connectivity index (χ4v) is 4.42. The number of rotatable bonds is 5. The number of carbonyl (C=O) groups is 2. The smallest absolute Gasteiger partial charge is 0.270 e. The second-order valence-electron chi connectivity index (χ2n) is 7.01. The molecule has 1 aliphatic heterocycles. The summed E-state index contributed by atoms with van der Waals surface area (Å²) in [5.74, 6) is -0.763. The quantitative estimate of drug-likeness (QED) is 0.453. The number of amides is 2. The van der Waals surface area contributed by atoms with Crippen molar-refractivity contribution >= 4 is 51.3 Å². The summed E-state index contributed by atoms with van der Waals surface area (Å²) in [5, 5.41) is 22.6. The second-order valence-corrected chi connectivity index (χ2v) is 8.43. The topological polar surface area (TPSA) is 118 Å². The van der Waals surface area contributed by atoms with E-state index in [0.717, 1.165) is 28.7 Å². The van der Waals surface area contributed by atoms with Crippen molar-refractivity contribution in [1.82, 2.24) is 10.2 Å². The lowest BCUT2D eigenvalue weighted by Crippen LogP contribution is -2.25. The van der Waals surface area contributed by atoms with E-state index < -0.39 is 10.8 Å². The molecular formula is C20H16ClN5O4S. The Balaban J connectivity index is 1.49. The van der Waals surface area contributed by atoms with Crippen LogP contribution in [-0.4, -0.2) is 33.5 Å². The minimum atomic E-state index is -0.625. The number of hydrogen-bond acceptors (Lipinski definition) is 7. The van der Waals surface area contributed by atoms with E-state index >= 15 is 0 Å². The first-order chi connectivity index (χ1) is 14.8. The van der Waals surface area contributed by atoms with Gasteiger partial charge in [0, 0.05) is 36.7 Å². The van der Waals surface area contributed by atoms with Crippen molar-refractivity contribution in [1.29, 1.82) is 0 Å². The number of para-hydroxylation sites is 1. The third kappa shape index (κ3) is 4.25. The molecule has 2 aromatic carbocycles. The van der Waals surface area contributed by atoms with Gasteiger partial charge in [-0.15, -0.1) is 10.2 Å². The molecule has 2 amide bonds. The van der Waals surface area contributed by atoms with Gasteiger partial charge in [-0.25, -0.2) is 0 Å². The van der Waals surface area contributed by atoms with Gasteiger partial charge in [-0.05, 0) is 24.6 Å². The number of hydrogen-bond donors (Lipinski definition) is 1. The number of benzene rings is 2. The molecule has 0 spiro atoms. The minimum absolute atomic E-state index is 0.00321. The molecule has 11 heteroatoms. The highest BCUT2D eigenvalue weighted by Gasteiger charge is 2.34. The Bertz CT molecular complexity index is 1200. The van der Waals surface area contributed by atoms with Crippen LogP contribution in [0.2, 0.25) is 5.02 Å². The van der Waals surface area contributed by atoms with Crippen LogP contribution in [0, 0.1) is 17.0 Å². The number of nitro benzene ring substituents is 1. The summed E-state index contributed by atoms with van der Waals surface area (Å²) in [6.45, 7) is 2.43. The van der Waals surface area contributed by atoms with Crippen molar-refractivity contribution in [2.45, 2.75) is 19.3 Å². The maximum absolute atomic E-state index is 12.5. The number of anilines is 2. The van der Waals surface area contributed by atoms with Crippen molar-refractivity contribution in [2.75, 3.05) is 16.8 Å². The zero-order valence-corrected chi connectivity index (χ0v) is 17.8. The van der Waals surface area contributed by atoms with Crippen molar-refractivity contribution < 1.29 is 14.5 Å². The molecule has 3 aromatic rings. The first-order valence-electron chi connectivity index (χ1n) is 9.28. The van der Waals surface area contributed by atoms with Crippen LogP contribution < -0.4 is 10.2 Å². The van der Waals surface area contributed by atoms with Gasteiger partial charge >= 0.3 is 0 Å². The predicted octanol–water partition coefficient (Wildman–Crippen LogP) is 4.18. The predicted molar refractivity (Wildman–Crippen MR) is 117 cm³/mol. The molecule has 31 heavy (non-hydrogen) atoms. The van der Waals surface area contributed by atoms with Crippen LogP contribution in [0.3, 0.4) is 0 Å². The van der Waals surface area contributed by atoms with E-state index in [1.807, 2.05) is 31.2 Å². The summed E-state index contributed by atoms with van der Waals surface area (Å²) in [6, 6.07) is 11.3. The highest BCUT2D eigenvalue weighted by molar-refractivity contribution is 7.15. The number of non-ortho nitro benzene ring substituents is 1. The molecular weight excluding hydrogens is 442 g/mol. The van der Waals surface area contributed by atoms with Gasteiger partial charge in [-0.2, -0.15) is 0 Å². The van der Waals surface area contributed by atoms with E-state index in [2.05, 4.69) is 15.5 Å². The van der Waals surface area contributed by atoms with Gasteiger partial charge in [-0.1, -0.05) is 41.1 Å². The Labute approximate surface area is 185 Å². The lowest BCUT2D eigenvalue weighted by atomic mass is 10.1. The van der Waals surface area contributed by atoms with Gasteiger partial charge in [0.05, 0.1) is 15.5 Å². The van der Waals surface area contributed by atoms with Crippen LogP contribution in [0.15, 0.2) is 42.5 Å². The molecule has 1 N–H and O–H groups in total. The van der Waals surface area contributed by atoms with Crippen LogP contribution in [0.5, 0.6) is 0 Å². The summed E-state index contributed by atoms with van der Waals surface area (Å²) in [7, 11) is 0. The van der Waals surface area contributed by atoms with Crippen LogP contribution >= 0.6 is 22.9 Å². The largest absolute Gasteiger partial charge is 0.311 e. The SMILES string of the molecule is Cc1ccccc1N1CC(c2nnc(NC(=O)c3cc([N+](=O)[O-])ccc3Cl)s2)CC1=O. The van der Waals surface area contributed by atoms with Crippen molar-refractivity contribution in [2.24, 2.45) is 0 Å². The standard InChI is InChI=1S/C20H16ClN5O4S/c1-11-4-2-3-5-16(11)25-10-12(8-17(25)27)19-23-24-20(31-19)22-18(28)14-9-13(26(29)30)6-7-15(14)21/h2-7,9,12H,8,10H2,1H3,(H,22,24,28). The van der Waals surface area contributed by atoms with E-state index in [1.54, 1.807) is 4.90 Å². The molecule has 1 fully saturated rings. The van der Waals surface area contributed by atoms with E-state index in [9.17, 15) is 19.7 Å². The molecule has 2 heterocycles. The van der Waals surface area contributed by atoms with Crippen LogP contribution in [0.25, 0.3) is 0 Å². The van der Waals surface area contributed by atoms with Gasteiger partial charge in [0.1, 0.15) is 5.01 Å². The molecule has 1 saturated heterocycles. The molecule has 0 saturated carbocycles. The minimum Gasteiger partial charge on any atom is -0.311 e. The average molecular weight is 458 g/mol. The molecule has 1 atom stereocenters. The molecule has 0 radical (unpaired) electrons. The van der Waals surface area contributed by atoms with E-state index in [1.165, 1.54) is 12.1 Å². The van der Waals surface area contributed by atoms with Crippen LogP contribution in [0.1, 0.15) is 33.3 Å². The third-order valence-electron chi connectivity index (χ3n) is 4.95. The fraction of sp³-hybridized carbons (Fsp3) is 0.200. The van der Waals surface area contributed by atoms with E-state index in [4.69, 9.17) is 11.6 Å². The molecule has 1 aliphatic rings. The van der Waals surface area contributed by atoms with Crippen molar-refractivity contribution in [3.05, 3.63) is 73.7 Å². The van der Waals surface area contributed by atoms with Gasteiger partial charge in [0.15, 0.2) is 0 Å². The lowest BCUT2D eigenvalue weighted by Gasteiger charge is -2.18. The number of aryl methyl sites for hydroxylation is 1. The zero-order chi connectivity index (χ0) is 22.1. The fourth-order valence-electron chi connectivity index (χ4n) is 3.39. The third-order valence-corrected chi connectivity index (χ3v) is 6.28. The van der Waals surface area contributed by atoms with Gasteiger partial charge in [-0.3, -0.25) is 25.0 Å². The van der Waals surface area contributed by atoms with E-state index in [-0.39, 0.29) is 33.2 Å². The molecule has 0 bridgehead atoms. The number of nitrogens with one attached hydrogen (secondary N) is 1. The normalized spacial score (nSPS) is 15.9. The Morgan fingerprint density at radius 2 is 2.06 bits per heavy atom. The summed E-state index contributed by atoms with van der Waals surface area (Å²) >= 11 is 7.18. The highest BCUT2D eigenvalue weighted by Crippen LogP contribution is 2.35. The van der Waals surface area contributed by atoms with Gasteiger partial charge in [0.25, 0.3) is 11.6 Å². The average Bonchev–Trinajstić information content (AvgIpc) is 3.35. The number of halogens is 1. The molecule has 4 rings (SSSR count). The summed E-state index contributed by atoms with van der Waals surface area (Å²) in [4.78, 5) is 37.2. The summed E-state index contributed by atoms with van der Waals surface area (Å²) in [5.41, 5.74) is 1.60. The van der Waals surface area contributed by atoms with E-state index in [0.29, 0.717) is 18.0 Å². The van der Waals surface area contributed by atoms with Gasteiger partial charge in [0.2, 0.25) is 11.0 Å². The monoisotopic (exact) mass is 457 g/mol. The molecule has 0 aliphatic carbocycles. The Morgan fingerprint density at radius 1 is 1.29 bits per heavy atom. The van der Waals surface area contributed by atoms with Crippen LogP contribution in [-0.2, 0) is 4.79 Å². The lowest BCUT2D eigenvalue weighted by molar-refractivity contribution is -0.384. The number of nitro groups is 1. The first-order valence-corrected chi connectivity index (χ1v) is 10.5. The number of carbonyl (C=O) groups excluding carboxylic acids is 2. The highest BCUT2D eigenvalue weighted by atomic mass is 35.5. The molecule has 1 aromatic heterocycles. The maximum Gasteiger partial charge on any atom is 0.270 e.